The molecule has 1 aliphatic rings. The molecule has 0 aliphatic carbocycles. The molecule has 1 aliphatic heterocycles. The number of halogens is 3. The van der Waals surface area contributed by atoms with E-state index in [9.17, 15) is 23.3 Å². The molecule has 0 aromatic heterocycles. The van der Waals surface area contributed by atoms with Gasteiger partial charge in [-0.15, -0.1) is 0 Å². The lowest BCUT2D eigenvalue weighted by atomic mass is 10.1. The number of nitrogens with zero attached hydrogens (tertiary/aromatic N) is 2. The van der Waals surface area contributed by atoms with E-state index < -0.39 is 39.3 Å². The third-order valence-corrected chi connectivity index (χ3v) is 3.11. The van der Waals surface area contributed by atoms with E-state index in [1.54, 1.807) is 0 Å². The fourth-order valence-corrected chi connectivity index (χ4v) is 2.09. The molecule has 1 aromatic rings. The summed E-state index contributed by atoms with van der Waals surface area (Å²) in [7, 11) is 0. The van der Waals surface area contributed by atoms with Crippen LogP contribution in [0.4, 0.5) is 24.5 Å². The van der Waals surface area contributed by atoms with Crippen LogP contribution < -0.4 is 10.2 Å². The van der Waals surface area contributed by atoms with Gasteiger partial charge in [0.15, 0.2) is 17.3 Å². The van der Waals surface area contributed by atoms with Crippen molar-refractivity contribution in [1.82, 2.24) is 5.32 Å². The van der Waals surface area contributed by atoms with Crippen LogP contribution in [-0.4, -0.2) is 31.1 Å². The van der Waals surface area contributed by atoms with E-state index >= 15 is 0 Å². The first kappa shape index (κ1) is 13.6. The lowest BCUT2D eigenvalue weighted by Gasteiger charge is -2.29. The summed E-state index contributed by atoms with van der Waals surface area (Å²) in [5.74, 6) is -4.07. The number of nitro benzene ring substituents is 1. The molecular formula is C11H12F3N3O2. The maximum Gasteiger partial charge on any atom is 0.331 e. The van der Waals surface area contributed by atoms with Crippen molar-refractivity contribution < 1.29 is 18.1 Å². The maximum absolute atomic E-state index is 13.9. The molecule has 1 fully saturated rings. The standard InChI is InChI=1S/C11H12F3N3O2/c1-6-7(12)9(14)10(11(8(6)13)17(18)19)16-4-2-15-3-5-16/h15H,2-5H2,1H3. The molecule has 5 nitrogen and oxygen atoms in total. The van der Waals surface area contributed by atoms with Crippen molar-refractivity contribution in [2.24, 2.45) is 0 Å². The smallest absolute Gasteiger partial charge is 0.331 e. The van der Waals surface area contributed by atoms with Gasteiger partial charge in [-0.1, -0.05) is 0 Å². The molecule has 1 N–H and O–H groups in total. The van der Waals surface area contributed by atoms with Crippen LogP contribution in [0, 0.1) is 34.5 Å². The number of anilines is 1. The van der Waals surface area contributed by atoms with Gasteiger partial charge >= 0.3 is 5.69 Å². The Labute approximate surface area is 107 Å². The predicted octanol–water partition coefficient (Wildman–Crippen LogP) is 1.73. The molecule has 104 valence electrons. The molecule has 0 amide bonds. The van der Waals surface area contributed by atoms with Crippen LogP contribution in [0.15, 0.2) is 0 Å². The first-order valence-electron chi connectivity index (χ1n) is 5.72. The van der Waals surface area contributed by atoms with Crippen LogP contribution >= 0.6 is 0 Å². The minimum Gasteiger partial charge on any atom is -0.361 e. The summed E-state index contributed by atoms with van der Waals surface area (Å²) in [6, 6.07) is 0. The van der Waals surface area contributed by atoms with Crippen molar-refractivity contribution in [1.29, 1.82) is 0 Å². The Morgan fingerprint density at radius 1 is 1.16 bits per heavy atom. The molecule has 19 heavy (non-hydrogen) atoms. The Balaban J connectivity index is 2.66. The average molecular weight is 275 g/mol. The van der Waals surface area contributed by atoms with Gasteiger partial charge in [0.05, 0.1) is 4.92 Å². The van der Waals surface area contributed by atoms with Gasteiger partial charge in [-0.3, -0.25) is 10.1 Å². The van der Waals surface area contributed by atoms with Crippen LogP contribution in [0.3, 0.4) is 0 Å². The highest BCUT2D eigenvalue weighted by Crippen LogP contribution is 2.37. The van der Waals surface area contributed by atoms with Crippen LogP contribution in [0.2, 0.25) is 0 Å². The summed E-state index contributed by atoms with van der Waals surface area (Å²) in [5.41, 5.74) is -2.28. The summed E-state index contributed by atoms with van der Waals surface area (Å²) < 4.78 is 41.3. The molecular weight excluding hydrogens is 263 g/mol. The van der Waals surface area contributed by atoms with E-state index in [2.05, 4.69) is 5.32 Å². The fourth-order valence-electron chi connectivity index (χ4n) is 2.09. The first-order chi connectivity index (χ1) is 8.95. The molecule has 0 unspecified atom stereocenters. The number of nitrogens with one attached hydrogen (secondary N) is 1. The molecule has 2 rings (SSSR count). The number of benzene rings is 1. The number of rotatable bonds is 2. The molecule has 1 aromatic carbocycles. The minimum absolute atomic E-state index is 0.250. The summed E-state index contributed by atoms with van der Waals surface area (Å²) in [6.07, 6.45) is 0. The van der Waals surface area contributed by atoms with E-state index in [0.717, 1.165) is 6.92 Å². The number of nitro groups is 1. The van der Waals surface area contributed by atoms with Crippen molar-refractivity contribution in [3.05, 3.63) is 33.1 Å². The Morgan fingerprint density at radius 3 is 2.26 bits per heavy atom. The quantitative estimate of drug-likeness (QED) is 0.507. The van der Waals surface area contributed by atoms with E-state index in [1.807, 2.05) is 0 Å². The molecule has 0 bridgehead atoms. The summed E-state index contributed by atoms with van der Waals surface area (Å²) >= 11 is 0. The lowest BCUT2D eigenvalue weighted by Crippen LogP contribution is -2.44. The highest BCUT2D eigenvalue weighted by molar-refractivity contribution is 5.66. The van der Waals surface area contributed by atoms with Crippen molar-refractivity contribution >= 4 is 11.4 Å². The molecule has 8 heteroatoms. The van der Waals surface area contributed by atoms with Gasteiger partial charge in [-0.05, 0) is 6.92 Å². The molecule has 0 radical (unpaired) electrons. The summed E-state index contributed by atoms with van der Waals surface area (Å²) in [4.78, 5) is 11.2. The summed E-state index contributed by atoms with van der Waals surface area (Å²) in [5, 5.41) is 13.9. The van der Waals surface area contributed by atoms with E-state index in [-0.39, 0.29) is 13.1 Å². The topological polar surface area (TPSA) is 58.4 Å². The largest absolute Gasteiger partial charge is 0.361 e. The van der Waals surface area contributed by atoms with Gasteiger partial charge in [-0.25, -0.2) is 8.78 Å². The summed E-state index contributed by atoms with van der Waals surface area (Å²) in [6.45, 7) is 2.41. The normalized spacial score (nSPS) is 15.7. The zero-order valence-electron chi connectivity index (χ0n) is 10.2. The molecule has 1 heterocycles. The Hall–Kier alpha value is -1.83. The number of piperazine rings is 1. The maximum atomic E-state index is 13.9. The van der Waals surface area contributed by atoms with Gasteiger partial charge in [0.2, 0.25) is 5.82 Å². The van der Waals surface area contributed by atoms with Crippen molar-refractivity contribution in [2.75, 3.05) is 31.1 Å². The zero-order chi connectivity index (χ0) is 14.2. The number of hydrogen-bond acceptors (Lipinski definition) is 4. The van der Waals surface area contributed by atoms with Crippen molar-refractivity contribution in [3.63, 3.8) is 0 Å². The van der Waals surface area contributed by atoms with Gasteiger partial charge in [0.1, 0.15) is 0 Å². The SMILES string of the molecule is Cc1c(F)c(F)c(N2CCNCC2)c([N+](=O)[O-])c1F. The highest BCUT2D eigenvalue weighted by Gasteiger charge is 2.34. The number of hydrogen-bond donors (Lipinski definition) is 1. The van der Waals surface area contributed by atoms with Crippen LogP contribution in [0.1, 0.15) is 5.56 Å². The predicted molar refractivity (Wildman–Crippen MR) is 62.8 cm³/mol. The van der Waals surface area contributed by atoms with E-state index in [4.69, 9.17) is 0 Å². The average Bonchev–Trinajstić information content (AvgIpc) is 2.40. The second-order valence-electron chi connectivity index (χ2n) is 4.26. The van der Waals surface area contributed by atoms with Crippen LogP contribution in [0.5, 0.6) is 0 Å². The Kier molecular flexibility index (Phi) is 3.61. The van der Waals surface area contributed by atoms with Crippen molar-refractivity contribution in [3.8, 4) is 0 Å². The third kappa shape index (κ3) is 2.23. The first-order valence-corrected chi connectivity index (χ1v) is 5.72. The fraction of sp³-hybridized carbons (Fsp3) is 0.455. The molecule has 0 spiro atoms. The highest BCUT2D eigenvalue weighted by atomic mass is 19.2. The molecule has 0 atom stereocenters. The van der Waals surface area contributed by atoms with Gasteiger partial charge in [0.25, 0.3) is 0 Å². The van der Waals surface area contributed by atoms with E-state index in [0.29, 0.717) is 13.1 Å². The van der Waals surface area contributed by atoms with Crippen LogP contribution in [0.25, 0.3) is 0 Å². The van der Waals surface area contributed by atoms with Crippen molar-refractivity contribution in [2.45, 2.75) is 6.92 Å². The van der Waals surface area contributed by atoms with Gasteiger partial charge in [-0.2, -0.15) is 4.39 Å². The third-order valence-electron chi connectivity index (χ3n) is 3.11. The van der Waals surface area contributed by atoms with Gasteiger partial charge < -0.3 is 10.2 Å². The Bertz CT molecular complexity index is 531. The zero-order valence-corrected chi connectivity index (χ0v) is 10.2. The minimum atomic E-state index is -1.38. The van der Waals surface area contributed by atoms with Gasteiger partial charge in [0, 0.05) is 31.7 Å². The lowest BCUT2D eigenvalue weighted by molar-refractivity contribution is -0.387. The second-order valence-corrected chi connectivity index (χ2v) is 4.26. The Morgan fingerprint density at radius 2 is 1.74 bits per heavy atom. The monoisotopic (exact) mass is 275 g/mol. The molecule has 0 saturated carbocycles. The second kappa shape index (κ2) is 5.04. The van der Waals surface area contributed by atoms with Crippen LogP contribution in [-0.2, 0) is 0 Å². The van der Waals surface area contributed by atoms with E-state index in [1.165, 1.54) is 4.90 Å². The molecule has 1 saturated heterocycles.